The quantitative estimate of drug-likeness (QED) is 0.379. The molecule has 2 amide bonds. The van der Waals surface area contributed by atoms with Crippen molar-refractivity contribution in [2.75, 3.05) is 16.0 Å². The van der Waals surface area contributed by atoms with Gasteiger partial charge in [0.2, 0.25) is 5.91 Å². The molecule has 1 fully saturated rings. The van der Waals surface area contributed by atoms with Gasteiger partial charge in [0.1, 0.15) is 5.37 Å². The zero-order chi connectivity index (χ0) is 22.8. The highest BCUT2D eigenvalue weighted by molar-refractivity contribution is 8.00. The van der Waals surface area contributed by atoms with Crippen LogP contribution in [0.15, 0.2) is 91.0 Å². The van der Waals surface area contributed by atoms with Crippen LogP contribution in [0.1, 0.15) is 33.8 Å². The second kappa shape index (κ2) is 9.12. The first-order valence-electron chi connectivity index (χ1n) is 11.0. The molecule has 0 saturated carbocycles. The van der Waals surface area contributed by atoms with Gasteiger partial charge in [-0.1, -0.05) is 61.5 Å². The fraction of sp³-hybridized carbons (Fsp3) is 0.143. The van der Waals surface area contributed by atoms with Gasteiger partial charge in [-0.2, -0.15) is 0 Å². The summed E-state index contributed by atoms with van der Waals surface area (Å²) in [7, 11) is 0. The number of amides is 2. The van der Waals surface area contributed by atoms with Crippen LogP contribution in [0.2, 0.25) is 0 Å². The lowest BCUT2D eigenvalue weighted by atomic mass is 10.1. The van der Waals surface area contributed by atoms with Gasteiger partial charge < -0.3 is 5.32 Å². The van der Waals surface area contributed by atoms with Gasteiger partial charge in [-0.05, 0) is 64.7 Å². The number of benzene rings is 4. The number of aryl methyl sites for hydroxylation is 1. The van der Waals surface area contributed by atoms with Gasteiger partial charge in [-0.15, -0.1) is 11.8 Å². The van der Waals surface area contributed by atoms with Crippen molar-refractivity contribution in [3.05, 3.63) is 108 Å². The molecule has 4 aromatic rings. The maximum absolute atomic E-state index is 12.8. The number of nitrogens with one attached hydrogen (secondary N) is 1. The maximum atomic E-state index is 12.8. The second-order valence-corrected chi connectivity index (χ2v) is 9.15. The summed E-state index contributed by atoms with van der Waals surface area (Å²) in [6, 6.07) is 29.7. The van der Waals surface area contributed by atoms with Gasteiger partial charge >= 0.3 is 0 Å². The highest BCUT2D eigenvalue weighted by Crippen LogP contribution is 2.42. The lowest BCUT2D eigenvalue weighted by Crippen LogP contribution is -2.27. The summed E-state index contributed by atoms with van der Waals surface area (Å²) < 4.78 is 0. The van der Waals surface area contributed by atoms with Crippen LogP contribution >= 0.6 is 11.8 Å². The van der Waals surface area contributed by atoms with Crippen LogP contribution in [0.25, 0.3) is 10.8 Å². The number of carbonyl (C=O) groups excluding carboxylic acids is 2. The van der Waals surface area contributed by atoms with E-state index in [0.29, 0.717) is 11.3 Å². The van der Waals surface area contributed by atoms with E-state index in [-0.39, 0.29) is 17.2 Å². The van der Waals surface area contributed by atoms with Crippen LogP contribution in [-0.4, -0.2) is 17.6 Å². The number of thioether (sulfide) groups is 1. The van der Waals surface area contributed by atoms with E-state index in [1.807, 2.05) is 83.8 Å². The Balaban J connectivity index is 1.32. The molecular formula is C28H24N2O2S. The van der Waals surface area contributed by atoms with E-state index in [1.165, 1.54) is 5.56 Å². The molecule has 33 heavy (non-hydrogen) atoms. The monoisotopic (exact) mass is 452 g/mol. The van der Waals surface area contributed by atoms with Crippen LogP contribution in [0.5, 0.6) is 0 Å². The van der Waals surface area contributed by atoms with Crippen LogP contribution in [0, 0.1) is 0 Å². The minimum Gasteiger partial charge on any atom is -0.322 e. The van der Waals surface area contributed by atoms with Crippen LogP contribution in [0.3, 0.4) is 0 Å². The smallest absolute Gasteiger partial charge is 0.255 e. The molecule has 0 aliphatic carbocycles. The average molecular weight is 453 g/mol. The van der Waals surface area contributed by atoms with Gasteiger partial charge in [0.25, 0.3) is 5.91 Å². The van der Waals surface area contributed by atoms with E-state index in [1.54, 1.807) is 11.8 Å². The van der Waals surface area contributed by atoms with Crippen molar-refractivity contribution >= 4 is 45.7 Å². The third kappa shape index (κ3) is 4.37. The molecule has 0 radical (unpaired) electrons. The van der Waals surface area contributed by atoms with Gasteiger partial charge in [0.05, 0.1) is 5.75 Å². The van der Waals surface area contributed by atoms with Crippen LogP contribution < -0.4 is 10.2 Å². The number of hydrogen-bond acceptors (Lipinski definition) is 3. The van der Waals surface area contributed by atoms with E-state index in [4.69, 9.17) is 0 Å². The molecule has 1 aliphatic heterocycles. The summed E-state index contributed by atoms with van der Waals surface area (Å²) in [5, 5.41) is 5.05. The van der Waals surface area contributed by atoms with Crippen molar-refractivity contribution < 1.29 is 9.59 Å². The van der Waals surface area contributed by atoms with Crippen molar-refractivity contribution in [2.45, 2.75) is 18.7 Å². The summed E-state index contributed by atoms with van der Waals surface area (Å²) >= 11 is 1.62. The molecule has 0 bridgehead atoms. The van der Waals surface area contributed by atoms with Gasteiger partial charge in [-0.3, -0.25) is 14.5 Å². The second-order valence-electron chi connectivity index (χ2n) is 8.09. The molecule has 1 unspecified atom stereocenters. The summed E-state index contributed by atoms with van der Waals surface area (Å²) in [6.07, 6.45) is 0.971. The lowest BCUT2D eigenvalue weighted by molar-refractivity contribution is -0.115. The number of fused-ring (bicyclic) bond motifs is 1. The van der Waals surface area contributed by atoms with Crippen molar-refractivity contribution in [3.63, 3.8) is 0 Å². The van der Waals surface area contributed by atoms with Crippen LogP contribution in [-0.2, 0) is 11.2 Å². The Bertz CT molecular complexity index is 1320. The highest BCUT2D eigenvalue weighted by Gasteiger charge is 2.33. The largest absolute Gasteiger partial charge is 0.322 e. The maximum Gasteiger partial charge on any atom is 0.255 e. The van der Waals surface area contributed by atoms with Crippen LogP contribution in [0.4, 0.5) is 11.4 Å². The number of nitrogens with zero attached hydrogens (tertiary/aromatic N) is 1. The Morgan fingerprint density at radius 2 is 1.67 bits per heavy atom. The number of hydrogen-bond donors (Lipinski definition) is 1. The summed E-state index contributed by atoms with van der Waals surface area (Å²) in [5.41, 5.74) is 4.55. The third-order valence-corrected chi connectivity index (χ3v) is 7.17. The average Bonchev–Trinajstić information content (AvgIpc) is 3.25. The minimum absolute atomic E-state index is 0.0739. The molecule has 0 spiro atoms. The van der Waals surface area contributed by atoms with E-state index in [9.17, 15) is 9.59 Å². The Morgan fingerprint density at radius 1 is 0.939 bits per heavy atom. The Morgan fingerprint density at radius 3 is 2.39 bits per heavy atom. The summed E-state index contributed by atoms with van der Waals surface area (Å²) in [6.45, 7) is 2.12. The molecule has 1 saturated heterocycles. The molecule has 5 rings (SSSR count). The zero-order valence-corrected chi connectivity index (χ0v) is 19.1. The topological polar surface area (TPSA) is 49.4 Å². The third-order valence-electron chi connectivity index (χ3n) is 5.96. The predicted octanol–water partition coefficient (Wildman–Crippen LogP) is 6.43. The molecule has 5 heteroatoms. The molecule has 1 atom stereocenters. The van der Waals surface area contributed by atoms with Crippen molar-refractivity contribution in [1.29, 1.82) is 0 Å². The van der Waals surface area contributed by atoms with E-state index in [2.05, 4.69) is 24.4 Å². The standard InChI is InChI=1S/C28H24N2O2S/c1-2-19-7-15-25(16-8-19)30-26(31)18-33-28(30)21-11-13-24(14-12-21)29-27(32)23-10-9-20-5-3-4-6-22(20)17-23/h3-17,28H,2,18H2,1H3,(H,29,32). The van der Waals surface area contributed by atoms with Gasteiger partial charge in [0.15, 0.2) is 0 Å². The predicted molar refractivity (Wildman–Crippen MR) is 137 cm³/mol. The molecule has 1 N–H and O–H groups in total. The van der Waals surface area contributed by atoms with Crippen molar-refractivity contribution in [1.82, 2.24) is 0 Å². The van der Waals surface area contributed by atoms with Gasteiger partial charge in [0, 0.05) is 16.9 Å². The Labute approximate surface area is 197 Å². The first kappa shape index (κ1) is 21.3. The fourth-order valence-corrected chi connectivity index (χ4v) is 5.28. The van der Waals surface area contributed by atoms with Crippen molar-refractivity contribution in [2.24, 2.45) is 0 Å². The molecule has 0 aromatic heterocycles. The Kier molecular flexibility index (Phi) is 5.88. The first-order valence-corrected chi connectivity index (χ1v) is 12.1. The molecule has 1 heterocycles. The SMILES string of the molecule is CCc1ccc(N2C(=O)CSC2c2ccc(NC(=O)c3ccc4ccccc4c3)cc2)cc1. The van der Waals surface area contributed by atoms with Crippen molar-refractivity contribution in [3.8, 4) is 0 Å². The van der Waals surface area contributed by atoms with Gasteiger partial charge in [-0.25, -0.2) is 0 Å². The number of carbonyl (C=O) groups is 2. The number of anilines is 2. The molecule has 4 nitrogen and oxygen atoms in total. The fourth-order valence-electron chi connectivity index (χ4n) is 4.11. The zero-order valence-electron chi connectivity index (χ0n) is 18.3. The Hall–Kier alpha value is -3.57. The number of rotatable bonds is 5. The van der Waals surface area contributed by atoms with E-state index in [0.717, 1.165) is 34.1 Å². The van der Waals surface area contributed by atoms with E-state index < -0.39 is 0 Å². The summed E-state index contributed by atoms with van der Waals surface area (Å²) in [5.74, 6) is 0.431. The highest BCUT2D eigenvalue weighted by atomic mass is 32.2. The molecular weight excluding hydrogens is 428 g/mol. The normalized spacial score (nSPS) is 15.7. The summed E-state index contributed by atoms with van der Waals surface area (Å²) in [4.78, 5) is 27.3. The van der Waals surface area contributed by atoms with E-state index >= 15 is 0 Å². The molecule has 4 aromatic carbocycles. The minimum atomic E-state index is -0.142. The lowest BCUT2D eigenvalue weighted by Gasteiger charge is -2.24. The molecule has 164 valence electrons. The first-order chi connectivity index (χ1) is 16.1. The molecule has 1 aliphatic rings.